The molecule has 8 nitrogen and oxygen atoms in total. The van der Waals surface area contributed by atoms with E-state index in [2.05, 4.69) is 13.2 Å². The van der Waals surface area contributed by atoms with Crippen LogP contribution in [0, 0.1) is 0 Å². The smallest absolute Gasteiger partial charge is 0.329 e. The van der Waals surface area contributed by atoms with Crippen LogP contribution in [0.3, 0.4) is 0 Å². The Hall–Kier alpha value is -0.300. The summed E-state index contributed by atoms with van der Waals surface area (Å²) < 4.78 is 22.4. The zero-order valence-corrected chi connectivity index (χ0v) is 30.3. The van der Waals surface area contributed by atoms with Crippen LogP contribution in [0.4, 0.5) is 0 Å². The van der Waals surface area contributed by atoms with Gasteiger partial charge in [-0.1, -0.05) is 60.9 Å². The molecule has 1 aromatic rings. The summed E-state index contributed by atoms with van der Waals surface area (Å²) in [7, 11) is 0. The lowest BCUT2D eigenvalue weighted by Crippen LogP contribution is -2.27. The minimum Gasteiger partial charge on any atom is -0.463 e. The van der Waals surface area contributed by atoms with Gasteiger partial charge in [0.15, 0.2) is 0 Å². The second-order valence-corrected chi connectivity index (χ2v) is 19.9. The maximum atomic E-state index is 12.4. The van der Waals surface area contributed by atoms with E-state index in [4.69, 9.17) is 18.9 Å². The van der Waals surface area contributed by atoms with E-state index in [1.54, 1.807) is 70.6 Å². The molecule has 2 aliphatic heterocycles. The standard InChI is InChI=1S/C28H34O8S8/c1-3-23(29)43-21(13-35-25(31)27-39-15-37-16-40-27)11-33-9-19-6-5-7-20(8-19)10-34-12-22(44-24(30)4-2)14-36-26(32)28-41-17-38-18-42-28/h3-8,21-22,27-28H,1-2,9-18H2. The molecule has 44 heavy (non-hydrogen) atoms. The van der Waals surface area contributed by atoms with E-state index in [-0.39, 0.29) is 68.3 Å². The predicted octanol–water partition coefficient (Wildman–Crippen LogP) is 6.34. The SMILES string of the molecule is C=CC(=O)SC(COCc1cccc(COCC(COC(=O)C2SCSCS2)SC(=O)C=C)c1)COC(=O)C1SCSCS1. The molecule has 1 aromatic carbocycles. The van der Waals surface area contributed by atoms with Gasteiger partial charge in [0, 0.05) is 20.3 Å². The van der Waals surface area contributed by atoms with Crippen LogP contribution in [0.15, 0.2) is 49.6 Å². The summed E-state index contributed by atoms with van der Waals surface area (Å²) in [5, 5.41) is 2.28. The summed E-state index contributed by atoms with van der Waals surface area (Å²) in [6.45, 7) is 8.21. The van der Waals surface area contributed by atoms with Crippen molar-refractivity contribution in [2.75, 3.05) is 46.8 Å². The number of ether oxygens (including phenoxy) is 4. The second-order valence-electron chi connectivity index (χ2n) is 8.85. The fourth-order valence-electron chi connectivity index (χ4n) is 3.45. The van der Waals surface area contributed by atoms with Crippen molar-refractivity contribution in [3.05, 3.63) is 60.7 Å². The summed E-state index contributed by atoms with van der Waals surface area (Å²) in [5.74, 6) is -0.558. The van der Waals surface area contributed by atoms with Crippen molar-refractivity contribution in [2.24, 2.45) is 0 Å². The first-order valence-electron chi connectivity index (χ1n) is 13.2. The van der Waals surface area contributed by atoms with Gasteiger partial charge in [0.2, 0.25) is 10.2 Å². The van der Waals surface area contributed by atoms with Crippen molar-refractivity contribution in [2.45, 2.75) is 32.9 Å². The van der Waals surface area contributed by atoms with E-state index in [0.717, 1.165) is 55.0 Å². The lowest BCUT2D eigenvalue weighted by Gasteiger charge is -2.21. The van der Waals surface area contributed by atoms with Crippen LogP contribution in [-0.4, -0.2) is 88.6 Å². The van der Waals surface area contributed by atoms with E-state index in [0.29, 0.717) is 13.2 Å². The molecule has 2 heterocycles. The van der Waals surface area contributed by atoms with Gasteiger partial charge in [0.1, 0.15) is 22.4 Å². The molecule has 2 aliphatic rings. The minimum absolute atomic E-state index is 0.0714. The Balaban J connectivity index is 1.44. The van der Waals surface area contributed by atoms with Crippen molar-refractivity contribution in [1.82, 2.24) is 0 Å². The topological polar surface area (TPSA) is 105 Å². The third-order valence-electron chi connectivity index (χ3n) is 5.45. The van der Waals surface area contributed by atoms with Crippen molar-refractivity contribution in [1.29, 1.82) is 0 Å². The molecule has 0 N–H and O–H groups in total. The lowest BCUT2D eigenvalue weighted by atomic mass is 10.1. The Morgan fingerprint density at radius 2 is 1.14 bits per heavy atom. The molecular formula is C28H34O8S8. The van der Waals surface area contributed by atoms with Gasteiger partial charge >= 0.3 is 11.9 Å². The molecule has 0 aliphatic carbocycles. The summed E-state index contributed by atoms with van der Waals surface area (Å²) >= 11 is 11.8. The van der Waals surface area contributed by atoms with Gasteiger partial charge < -0.3 is 18.9 Å². The summed E-state index contributed by atoms with van der Waals surface area (Å²) in [6, 6.07) is 7.71. The molecule has 242 valence electrons. The first-order valence-corrected chi connectivity index (χ1v) is 21.5. The average Bonchev–Trinajstić information content (AvgIpc) is 3.06. The Morgan fingerprint density at radius 3 is 1.52 bits per heavy atom. The average molecular weight is 755 g/mol. The maximum absolute atomic E-state index is 12.4. The van der Waals surface area contributed by atoms with Crippen LogP contribution in [0.2, 0.25) is 0 Å². The van der Waals surface area contributed by atoms with Gasteiger partial charge in [-0.2, -0.15) is 0 Å². The minimum atomic E-state index is -0.361. The number of esters is 2. The number of carbonyl (C=O) groups is 4. The molecule has 0 bridgehead atoms. The fourth-order valence-corrected chi connectivity index (χ4v) is 13.8. The Bertz CT molecular complexity index is 1030. The number of benzene rings is 1. The Labute approximate surface area is 292 Å². The molecule has 0 saturated carbocycles. The molecule has 0 amide bonds. The number of hydrogen-bond donors (Lipinski definition) is 0. The van der Waals surface area contributed by atoms with Crippen LogP contribution in [0.1, 0.15) is 11.1 Å². The molecule has 2 atom stereocenters. The zero-order chi connectivity index (χ0) is 31.6. The largest absolute Gasteiger partial charge is 0.463 e. The number of hydrogen-bond acceptors (Lipinski definition) is 16. The monoisotopic (exact) mass is 754 g/mol. The normalized spacial score (nSPS) is 17.3. The molecule has 16 heteroatoms. The quantitative estimate of drug-likeness (QED) is 0.123. The summed E-state index contributed by atoms with van der Waals surface area (Å²) in [6.07, 6.45) is 2.48. The Kier molecular flexibility index (Phi) is 19.3. The van der Waals surface area contributed by atoms with Crippen molar-refractivity contribution in [3.8, 4) is 0 Å². The highest BCUT2D eigenvalue weighted by Crippen LogP contribution is 2.37. The lowest BCUT2D eigenvalue weighted by molar-refractivity contribution is -0.142. The molecule has 0 aromatic heterocycles. The first-order chi connectivity index (χ1) is 21.4. The highest BCUT2D eigenvalue weighted by molar-refractivity contribution is 8.33. The molecule has 2 saturated heterocycles. The van der Waals surface area contributed by atoms with Crippen molar-refractivity contribution in [3.63, 3.8) is 0 Å². The highest BCUT2D eigenvalue weighted by Gasteiger charge is 2.27. The van der Waals surface area contributed by atoms with Crippen LogP contribution in [0.25, 0.3) is 0 Å². The summed E-state index contributed by atoms with van der Waals surface area (Å²) in [4.78, 5) is 48.8. The third kappa shape index (κ3) is 15.1. The van der Waals surface area contributed by atoms with Gasteiger partial charge in [-0.05, 0) is 23.3 Å². The molecule has 2 fully saturated rings. The number of rotatable bonds is 18. The van der Waals surface area contributed by atoms with Crippen LogP contribution in [0.5, 0.6) is 0 Å². The number of thioether (sulfide) groups is 8. The molecule has 2 unspecified atom stereocenters. The first kappa shape index (κ1) is 38.2. The van der Waals surface area contributed by atoms with E-state index in [9.17, 15) is 19.2 Å². The van der Waals surface area contributed by atoms with E-state index >= 15 is 0 Å². The highest BCUT2D eigenvalue weighted by atomic mass is 32.3. The van der Waals surface area contributed by atoms with Gasteiger partial charge in [-0.25, -0.2) is 9.59 Å². The molecule has 0 spiro atoms. The van der Waals surface area contributed by atoms with Crippen LogP contribution < -0.4 is 0 Å². The van der Waals surface area contributed by atoms with E-state index < -0.39 is 0 Å². The van der Waals surface area contributed by atoms with Gasteiger partial charge in [0.25, 0.3) is 0 Å². The summed E-state index contributed by atoms with van der Waals surface area (Å²) in [5.41, 5.74) is 1.83. The maximum Gasteiger partial charge on any atom is 0.329 e. The van der Waals surface area contributed by atoms with Crippen molar-refractivity contribution < 1.29 is 38.1 Å². The predicted molar refractivity (Wildman–Crippen MR) is 193 cm³/mol. The third-order valence-corrected chi connectivity index (χ3v) is 15.9. The van der Waals surface area contributed by atoms with Gasteiger partial charge in [-0.3, -0.25) is 9.59 Å². The van der Waals surface area contributed by atoms with Crippen LogP contribution >= 0.6 is 94.1 Å². The Morgan fingerprint density at radius 1 is 0.727 bits per heavy atom. The van der Waals surface area contributed by atoms with Gasteiger partial charge in [0.05, 0.1) is 36.9 Å². The van der Waals surface area contributed by atoms with E-state index in [1.165, 1.54) is 12.2 Å². The molecule has 3 rings (SSSR count). The second kappa shape index (κ2) is 22.3. The van der Waals surface area contributed by atoms with Crippen LogP contribution in [-0.2, 0) is 51.3 Å². The number of carbonyl (C=O) groups excluding carboxylic acids is 4. The van der Waals surface area contributed by atoms with Gasteiger partial charge in [-0.15, -0.1) is 70.6 Å². The molecular weight excluding hydrogens is 721 g/mol. The fraction of sp³-hybridized carbons (Fsp3) is 0.500. The van der Waals surface area contributed by atoms with E-state index in [1.807, 2.05) is 24.3 Å². The zero-order valence-electron chi connectivity index (χ0n) is 23.8. The molecule has 0 radical (unpaired) electrons. The van der Waals surface area contributed by atoms with Crippen molar-refractivity contribution >= 4 is 116 Å².